The van der Waals surface area contributed by atoms with Crippen LogP contribution in [0.3, 0.4) is 0 Å². The summed E-state index contributed by atoms with van der Waals surface area (Å²) in [6.45, 7) is 6.84. The van der Waals surface area contributed by atoms with E-state index in [1.807, 2.05) is 31.2 Å². The first-order chi connectivity index (χ1) is 9.58. The van der Waals surface area contributed by atoms with E-state index in [0.717, 1.165) is 22.2 Å². The largest absolute Gasteiger partial charge is 0.325 e. The Bertz CT molecular complexity index is 608. The summed E-state index contributed by atoms with van der Waals surface area (Å²) in [7, 11) is 0. The Balaban J connectivity index is 2.10. The molecule has 0 aliphatic heterocycles. The van der Waals surface area contributed by atoms with Crippen molar-refractivity contribution < 1.29 is 4.79 Å². The molecule has 1 aromatic heterocycles. The normalized spacial score (nSPS) is 11.0. The van der Waals surface area contributed by atoms with Crippen molar-refractivity contribution in [2.24, 2.45) is 0 Å². The molecule has 0 saturated carbocycles. The average Bonchev–Trinajstić information content (AvgIpc) is 2.42. The lowest BCUT2D eigenvalue weighted by molar-refractivity contribution is -0.116. The number of aryl methyl sites for hydroxylation is 1. The quantitative estimate of drug-likeness (QED) is 0.879. The van der Waals surface area contributed by atoms with E-state index in [1.165, 1.54) is 0 Å². The van der Waals surface area contributed by atoms with Crippen molar-refractivity contribution in [3.8, 4) is 0 Å². The minimum absolute atomic E-state index is 0.0205. The predicted molar refractivity (Wildman–Crippen MR) is 82.9 cm³/mol. The summed E-state index contributed by atoms with van der Waals surface area (Å²) in [5.74, 6) is 0.0205. The summed E-state index contributed by atoms with van der Waals surface area (Å²) in [5, 5.41) is 7.19. The van der Waals surface area contributed by atoms with Crippen LogP contribution in [0.1, 0.15) is 25.8 Å². The molecule has 2 rings (SSSR count). The second-order valence-electron chi connectivity index (χ2n) is 5.24. The van der Waals surface area contributed by atoms with Crippen LogP contribution in [-0.4, -0.2) is 23.5 Å². The van der Waals surface area contributed by atoms with Crippen molar-refractivity contribution >= 4 is 22.5 Å². The minimum Gasteiger partial charge on any atom is -0.325 e. The molecular formula is C16H21N3O. The first-order valence-corrected chi connectivity index (χ1v) is 6.95. The Morgan fingerprint density at radius 3 is 2.85 bits per heavy atom. The van der Waals surface area contributed by atoms with Gasteiger partial charge in [-0.1, -0.05) is 19.9 Å². The highest BCUT2D eigenvalue weighted by Gasteiger charge is 2.07. The number of anilines is 1. The molecule has 2 aromatic rings. The number of nitrogens with zero attached hydrogens (tertiary/aromatic N) is 1. The van der Waals surface area contributed by atoms with Crippen LogP contribution in [0.25, 0.3) is 10.9 Å². The first-order valence-electron chi connectivity index (χ1n) is 6.95. The molecule has 0 atom stereocenters. The van der Waals surface area contributed by atoms with Gasteiger partial charge in [0.25, 0.3) is 0 Å². The third-order valence-corrected chi connectivity index (χ3v) is 3.15. The topological polar surface area (TPSA) is 54.0 Å². The van der Waals surface area contributed by atoms with Gasteiger partial charge < -0.3 is 10.6 Å². The molecule has 1 amide bonds. The van der Waals surface area contributed by atoms with E-state index in [1.54, 1.807) is 6.20 Å². The van der Waals surface area contributed by atoms with Crippen molar-refractivity contribution in [2.45, 2.75) is 33.2 Å². The van der Waals surface area contributed by atoms with Crippen LogP contribution in [0.5, 0.6) is 0 Å². The molecule has 4 heteroatoms. The van der Waals surface area contributed by atoms with Gasteiger partial charge in [-0.3, -0.25) is 9.78 Å². The number of carbonyl (C=O) groups excluding carboxylic acids is 1. The third-order valence-electron chi connectivity index (χ3n) is 3.15. The van der Waals surface area contributed by atoms with Crippen molar-refractivity contribution in [3.63, 3.8) is 0 Å². The highest BCUT2D eigenvalue weighted by atomic mass is 16.1. The standard InChI is InChI=1S/C16H21N3O/c1-11(2)17-10-8-15(20)19-14-7-6-12(3)16-13(14)5-4-9-18-16/h4-7,9,11,17H,8,10H2,1-3H3,(H,19,20). The first kappa shape index (κ1) is 14.5. The zero-order chi connectivity index (χ0) is 14.5. The van der Waals surface area contributed by atoms with Crippen LogP contribution in [-0.2, 0) is 4.79 Å². The molecule has 1 heterocycles. The summed E-state index contributed by atoms with van der Waals surface area (Å²) in [4.78, 5) is 16.3. The number of fused-ring (bicyclic) bond motifs is 1. The molecule has 20 heavy (non-hydrogen) atoms. The summed E-state index contributed by atoms with van der Waals surface area (Å²) in [6.07, 6.45) is 2.24. The number of amides is 1. The Labute approximate surface area is 119 Å². The van der Waals surface area contributed by atoms with E-state index in [0.29, 0.717) is 19.0 Å². The third kappa shape index (κ3) is 3.54. The Kier molecular flexibility index (Phi) is 4.69. The molecule has 4 nitrogen and oxygen atoms in total. The van der Waals surface area contributed by atoms with Crippen LogP contribution >= 0.6 is 0 Å². The lowest BCUT2D eigenvalue weighted by Crippen LogP contribution is -2.27. The molecule has 0 aliphatic rings. The van der Waals surface area contributed by atoms with Crippen LogP contribution in [0.15, 0.2) is 30.5 Å². The maximum absolute atomic E-state index is 12.0. The molecule has 0 saturated heterocycles. The molecule has 106 valence electrons. The van der Waals surface area contributed by atoms with Gasteiger partial charge in [-0.2, -0.15) is 0 Å². The van der Waals surface area contributed by atoms with Gasteiger partial charge in [-0.05, 0) is 30.7 Å². The second kappa shape index (κ2) is 6.48. The fourth-order valence-electron chi connectivity index (χ4n) is 2.11. The lowest BCUT2D eigenvalue weighted by Gasteiger charge is -2.11. The number of carbonyl (C=O) groups is 1. The molecule has 0 aliphatic carbocycles. The van der Waals surface area contributed by atoms with E-state index >= 15 is 0 Å². The molecule has 1 aromatic carbocycles. The molecule has 2 N–H and O–H groups in total. The highest BCUT2D eigenvalue weighted by Crippen LogP contribution is 2.24. The molecule has 0 unspecified atom stereocenters. The smallest absolute Gasteiger partial charge is 0.225 e. The van der Waals surface area contributed by atoms with E-state index < -0.39 is 0 Å². The van der Waals surface area contributed by atoms with Crippen LogP contribution in [0.4, 0.5) is 5.69 Å². The summed E-state index contributed by atoms with van der Waals surface area (Å²) >= 11 is 0. The van der Waals surface area contributed by atoms with Gasteiger partial charge in [0.05, 0.1) is 11.2 Å². The van der Waals surface area contributed by atoms with Gasteiger partial charge in [-0.15, -0.1) is 0 Å². The minimum atomic E-state index is 0.0205. The van der Waals surface area contributed by atoms with Gasteiger partial charge in [0, 0.05) is 30.6 Å². The number of benzene rings is 1. The van der Waals surface area contributed by atoms with Gasteiger partial charge in [0.15, 0.2) is 0 Å². The van der Waals surface area contributed by atoms with Crippen LogP contribution in [0.2, 0.25) is 0 Å². The highest BCUT2D eigenvalue weighted by molar-refractivity contribution is 6.01. The van der Waals surface area contributed by atoms with Crippen molar-refractivity contribution in [1.29, 1.82) is 0 Å². The monoisotopic (exact) mass is 271 g/mol. The number of aromatic nitrogens is 1. The Morgan fingerprint density at radius 2 is 2.10 bits per heavy atom. The van der Waals surface area contributed by atoms with Crippen LogP contribution in [0, 0.1) is 6.92 Å². The van der Waals surface area contributed by atoms with E-state index in [-0.39, 0.29) is 5.91 Å². The molecule has 0 fully saturated rings. The van der Waals surface area contributed by atoms with E-state index in [4.69, 9.17) is 0 Å². The van der Waals surface area contributed by atoms with Crippen molar-refractivity contribution in [1.82, 2.24) is 10.3 Å². The molecular weight excluding hydrogens is 250 g/mol. The average molecular weight is 271 g/mol. The van der Waals surface area contributed by atoms with Crippen LogP contribution < -0.4 is 10.6 Å². The van der Waals surface area contributed by atoms with Crippen molar-refractivity contribution in [3.05, 3.63) is 36.0 Å². The van der Waals surface area contributed by atoms with Gasteiger partial charge >= 0.3 is 0 Å². The summed E-state index contributed by atoms with van der Waals surface area (Å²) in [6, 6.07) is 8.19. The predicted octanol–water partition coefficient (Wildman–Crippen LogP) is 2.87. The fraction of sp³-hybridized carbons (Fsp3) is 0.375. The SMILES string of the molecule is Cc1ccc(NC(=O)CCNC(C)C)c2cccnc12. The van der Waals surface area contributed by atoms with E-state index in [9.17, 15) is 4.79 Å². The zero-order valence-corrected chi connectivity index (χ0v) is 12.2. The molecule has 0 spiro atoms. The van der Waals surface area contributed by atoms with E-state index in [2.05, 4.69) is 29.5 Å². The van der Waals surface area contributed by atoms with Gasteiger partial charge in [0.2, 0.25) is 5.91 Å². The number of rotatable bonds is 5. The zero-order valence-electron chi connectivity index (χ0n) is 12.2. The maximum atomic E-state index is 12.0. The summed E-state index contributed by atoms with van der Waals surface area (Å²) in [5.41, 5.74) is 2.87. The number of pyridine rings is 1. The number of nitrogens with one attached hydrogen (secondary N) is 2. The Hall–Kier alpha value is -1.94. The second-order valence-corrected chi connectivity index (χ2v) is 5.24. The Morgan fingerprint density at radius 1 is 1.30 bits per heavy atom. The molecule has 0 bridgehead atoms. The molecule has 0 radical (unpaired) electrons. The van der Waals surface area contributed by atoms with Crippen molar-refractivity contribution in [2.75, 3.05) is 11.9 Å². The maximum Gasteiger partial charge on any atom is 0.225 e. The number of hydrogen-bond donors (Lipinski definition) is 2. The lowest BCUT2D eigenvalue weighted by atomic mass is 10.1. The van der Waals surface area contributed by atoms with Gasteiger partial charge in [-0.25, -0.2) is 0 Å². The van der Waals surface area contributed by atoms with Gasteiger partial charge in [0.1, 0.15) is 0 Å². The summed E-state index contributed by atoms with van der Waals surface area (Å²) < 4.78 is 0. The fourth-order valence-corrected chi connectivity index (χ4v) is 2.11. The number of hydrogen-bond acceptors (Lipinski definition) is 3.